The number of hydrogen-bond donors (Lipinski definition) is 1. The van der Waals surface area contributed by atoms with Crippen LogP contribution in [0.3, 0.4) is 0 Å². The molecule has 0 bridgehead atoms. The number of anilines is 2. The molecule has 0 spiro atoms. The number of rotatable bonds is 6. The van der Waals surface area contributed by atoms with E-state index in [4.69, 9.17) is 4.74 Å². The van der Waals surface area contributed by atoms with Crippen LogP contribution in [-0.2, 0) is 14.8 Å². The summed E-state index contributed by atoms with van der Waals surface area (Å²) in [5, 5.41) is 2.97. The van der Waals surface area contributed by atoms with Crippen LogP contribution in [0, 0.1) is 5.92 Å². The number of hydrogen-bond acceptors (Lipinski definition) is 5. The van der Waals surface area contributed by atoms with E-state index in [0.717, 1.165) is 18.8 Å². The van der Waals surface area contributed by atoms with Gasteiger partial charge < -0.3 is 15.0 Å². The fourth-order valence-corrected chi connectivity index (χ4v) is 5.95. The van der Waals surface area contributed by atoms with E-state index >= 15 is 0 Å². The van der Waals surface area contributed by atoms with E-state index in [2.05, 4.69) is 10.2 Å². The van der Waals surface area contributed by atoms with Gasteiger partial charge in [-0.1, -0.05) is 0 Å². The zero-order chi connectivity index (χ0) is 22.6. The number of nitrogens with one attached hydrogen (secondary N) is 1. The van der Waals surface area contributed by atoms with Crippen LogP contribution >= 0.6 is 0 Å². The predicted molar refractivity (Wildman–Crippen MR) is 126 cm³/mol. The topological polar surface area (TPSA) is 79.0 Å². The monoisotopic (exact) mass is 457 g/mol. The fraction of sp³-hybridized carbons (Fsp3) is 0.458. The number of carbonyl (C=O) groups is 1. The van der Waals surface area contributed by atoms with E-state index in [1.807, 2.05) is 24.3 Å². The van der Waals surface area contributed by atoms with Crippen LogP contribution in [0.15, 0.2) is 53.4 Å². The van der Waals surface area contributed by atoms with Gasteiger partial charge in [0.05, 0.1) is 17.9 Å². The van der Waals surface area contributed by atoms with E-state index in [0.29, 0.717) is 25.1 Å². The van der Waals surface area contributed by atoms with Crippen molar-refractivity contribution >= 4 is 27.3 Å². The fourth-order valence-electron chi connectivity index (χ4n) is 4.42. The molecule has 2 aliphatic rings. The van der Waals surface area contributed by atoms with Gasteiger partial charge in [0.15, 0.2) is 0 Å². The second-order valence-corrected chi connectivity index (χ2v) is 10.4. The molecule has 7 nitrogen and oxygen atoms in total. The average molecular weight is 458 g/mol. The molecule has 0 aliphatic carbocycles. The molecule has 2 aliphatic heterocycles. The molecule has 0 radical (unpaired) electrons. The Hall–Kier alpha value is -2.58. The predicted octanol–water partition coefficient (Wildman–Crippen LogP) is 3.72. The highest BCUT2D eigenvalue weighted by Gasteiger charge is 2.33. The molecule has 1 atom stereocenters. The number of benzene rings is 2. The largest absolute Gasteiger partial charge is 0.497 e. The summed E-state index contributed by atoms with van der Waals surface area (Å²) in [6.45, 7) is 2.76. The van der Waals surface area contributed by atoms with Crippen molar-refractivity contribution in [1.29, 1.82) is 0 Å². The summed E-state index contributed by atoms with van der Waals surface area (Å²) in [5.41, 5.74) is 1.92. The Morgan fingerprint density at radius 3 is 2.28 bits per heavy atom. The SMILES string of the molecule is COc1ccc(S(=O)(=O)N2CCC[C@H](C(=O)Nc3ccc(N4CCCCC4)cc3)C2)cc1. The first-order chi connectivity index (χ1) is 15.5. The van der Waals surface area contributed by atoms with Crippen LogP contribution in [0.4, 0.5) is 11.4 Å². The summed E-state index contributed by atoms with van der Waals surface area (Å²) >= 11 is 0. The lowest BCUT2D eigenvalue weighted by molar-refractivity contribution is -0.120. The van der Waals surface area contributed by atoms with E-state index in [-0.39, 0.29) is 23.3 Å². The van der Waals surface area contributed by atoms with E-state index in [1.165, 1.54) is 29.3 Å². The second-order valence-electron chi connectivity index (χ2n) is 8.46. The number of sulfonamides is 1. The first-order valence-corrected chi connectivity index (χ1v) is 12.7. The van der Waals surface area contributed by atoms with Crippen molar-refractivity contribution in [3.05, 3.63) is 48.5 Å². The molecule has 2 saturated heterocycles. The Morgan fingerprint density at radius 2 is 1.62 bits per heavy atom. The summed E-state index contributed by atoms with van der Waals surface area (Å²) < 4.78 is 32.6. The molecule has 2 aromatic rings. The lowest BCUT2D eigenvalue weighted by Crippen LogP contribution is -2.43. The van der Waals surface area contributed by atoms with Crippen LogP contribution in [-0.4, -0.2) is 51.9 Å². The highest BCUT2D eigenvalue weighted by molar-refractivity contribution is 7.89. The van der Waals surface area contributed by atoms with Gasteiger partial charge >= 0.3 is 0 Å². The molecule has 4 rings (SSSR count). The first-order valence-electron chi connectivity index (χ1n) is 11.3. The molecule has 0 unspecified atom stereocenters. The van der Waals surface area contributed by atoms with Gasteiger partial charge in [0.1, 0.15) is 5.75 Å². The summed E-state index contributed by atoms with van der Waals surface area (Å²) in [6, 6.07) is 14.3. The van der Waals surface area contributed by atoms with Gasteiger partial charge in [0.25, 0.3) is 0 Å². The highest BCUT2D eigenvalue weighted by atomic mass is 32.2. The summed E-state index contributed by atoms with van der Waals surface area (Å²) in [4.78, 5) is 15.5. The molecule has 172 valence electrons. The number of piperidine rings is 2. The Balaban J connectivity index is 1.38. The molecule has 1 amide bonds. The molecule has 0 saturated carbocycles. The smallest absolute Gasteiger partial charge is 0.243 e. The van der Waals surface area contributed by atoms with Crippen LogP contribution in [0.5, 0.6) is 5.75 Å². The van der Waals surface area contributed by atoms with Crippen molar-refractivity contribution < 1.29 is 17.9 Å². The van der Waals surface area contributed by atoms with E-state index in [1.54, 1.807) is 31.4 Å². The molecule has 8 heteroatoms. The number of nitrogens with zero attached hydrogens (tertiary/aromatic N) is 2. The average Bonchev–Trinajstić information content (AvgIpc) is 2.85. The minimum atomic E-state index is -3.65. The van der Waals surface area contributed by atoms with E-state index in [9.17, 15) is 13.2 Å². The molecule has 2 heterocycles. The maximum Gasteiger partial charge on any atom is 0.243 e. The normalized spacial score (nSPS) is 20.0. The molecule has 2 fully saturated rings. The summed E-state index contributed by atoms with van der Waals surface area (Å²) in [5.74, 6) is 0.0926. The quantitative estimate of drug-likeness (QED) is 0.715. The minimum absolute atomic E-state index is 0.134. The van der Waals surface area contributed by atoms with Crippen molar-refractivity contribution in [1.82, 2.24) is 4.31 Å². The Kier molecular flexibility index (Phi) is 7.01. The Labute approximate surface area is 190 Å². The van der Waals surface area contributed by atoms with Crippen LogP contribution in [0.25, 0.3) is 0 Å². The van der Waals surface area contributed by atoms with Crippen LogP contribution in [0.1, 0.15) is 32.1 Å². The van der Waals surface area contributed by atoms with Crippen molar-refractivity contribution in [2.24, 2.45) is 5.92 Å². The number of amides is 1. The van der Waals surface area contributed by atoms with Crippen LogP contribution in [0.2, 0.25) is 0 Å². The first kappa shape index (κ1) is 22.6. The molecular formula is C24H31N3O4S. The third-order valence-corrected chi connectivity index (χ3v) is 8.19. The zero-order valence-electron chi connectivity index (χ0n) is 18.5. The molecule has 2 aromatic carbocycles. The second kappa shape index (κ2) is 9.92. The number of carbonyl (C=O) groups excluding carboxylic acids is 1. The van der Waals surface area contributed by atoms with Gasteiger partial charge in [-0.25, -0.2) is 8.42 Å². The number of methoxy groups -OCH3 is 1. The maximum absolute atomic E-state index is 13.0. The van der Waals surface area contributed by atoms with Crippen molar-refractivity contribution in [3.8, 4) is 5.75 Å². The molecule has 1 N–H and O–H groups in total. The summed E-state index contributed by atoms with van der Waals surface area (Å²) in [6.07, 6.45) is 5.05. The highest BCUT2D eigenvalue weighted by Crippen LogP contribution is 2.27. The van der Waals surface area contributed by atoms with Gasteiger partial charge in [-0.05, 0) is 80.6 Å². The zero-order valence-corrected chi connectivity index (χ0v) is 19.3. The molecule has 32 heavy (non-hydrogen) atoms. The van der Waals surface area contributed by atoms with Gasteiger partial charge in [-0.3, -0.25) is 4.79 Å². The van der Waals surface area contributed by atoms with Gasteiger partial charge in [-0.15, -0.1) is 0 Å². The minimum Gasteiger partial charge on any atom is -0.497 e. The Bertz CT molecular complexity index is 1020. The van der Waals surface area contributed by atoms with Gasteiger partial charge in [0.2, 0.25) is 15.9 Å². The molecular weight excluding hydrogens is 426 g/mol. The Morgan fingerprint density at radius 1 is 0.938 bits per heavy atom. The number of ether oxygens (including phenoxy) is 1. The van der Waals surface area contributed by atoms with Gasteiger partial charge in [-0.2, -0.15) is 4.31 Å². The standard InChI is InChI=1S/C24H31N3O4S/c1-31-22-11-13-23(14-12-22)32(29,30)27-17-5-6-19(18-27)24(28)25-20-7-9-21(10-8-20)26-15-3-2-4-16-26/h7-14,19H,2-6,15-18H2,1H3,(H,25,28)/t19-/m0/s1. The van der Waals surface area contributed by atoms with E-state index < -0.39 is 10.0 Å². The maximum atomic E-state index is 13.0. The third-order valence-electron chi connectivity index (χ3n) is 6.31. The lowest BCUT2D eigenvalue weighted by Gasteiger charge is -2.31. The van der Waals surface area contributed by atoms with Crippen molar-refractivity contribution in [3.63, 3.8) is 0 Å². The lowest BCUT2D eigenvalue weighted by atomic mass is 9.98. The van der Waals surface area contributed by atoms with Crippen LogP contribution < -0.4 is 15.0 Å². The van der Waals surface area contributed by atoms with Crippen molar-refractivity contribution in [2.75, 3.05) is 43.5 Å². The third kappa shape index (κ3) is 5.07. The summed E-state index contributed by atoms with van der Waals surface area (Å²) in [7, 11) is -2.11. The molecule has 0 aromatic heterocycles. The van der Waals surface area contributed by atoms with Crippen molar-refractivity contribution in [2.45, 2.75) is 37.0 Å². The van der Waals surface area contributed by atoms with Gasteiger partial charge in [0, 0.05) is 37.6 Å².